The van der Waals surface area contributed by atoms with E-state index in [2.05, 4.69) is 5.32 Å². The van der Waals surface area contributed by atoms with Crippen LogP contribution in [0.5, 0.6) is 0 Å². The summed E-state index contributed by atoms with van der Waals surface area (Å²) >= 11 is 0. The zero-order valence-corrected chi connectivity index (χ0v) is 11.0. The molecule has 0 radical (unpaired) electrons. The lowest BCUT2D eigenvalue weighted by Crippen LogP contribution is -2.32. The van der Waals surface area contributed by atoms with Crippen LogP contribution in [-0.2, 0) is 9.84 Å². The molecule has 0 spiro atoms. The Balaban J connectivity index is 2.16. The first-order chi connectivity index (χ1) is 8.89. The molecule has 0 bridgehead atoms. The molecule has 0 amide bonds. The number of anilines is 2. The van der Waals surface area contributed by atoms with Gasteiger partial charge in [-0.2, -0.15) is 0 Å². The second-order valence-corrected chi connectivity index (χ2v) is 6.87. The third-order valence-electron chi connectivity index (χ3n) is 3.16. The van der Waals surface area contributed by atoms with Crippen molar-refractivity contribution in [3.8, 4) is 0 Å². The van der Waals surface area contributed by atoms with Gasteiger partial charge in [0.15, 0.2) is 0 Å². The van der Waals surface area contributed by atoms with Crippen molar-refractivity contribution in [1.29, 1.82) is 0 Å². The molecule has 104 valence electrons. The maximum atomic E-state index is 11.3. The smallest absolute Gasteiger partial charge is 0.314 e. The maximum absolute atomic E-state index is 11.3. The molecule has 19 heavy (non-hydrogen) atoms. The van der Waals surface area contributed by atoms with E-state index in [0.717, 1.165) is 0 Å². The second kappa shape index (κ2) is 5.04. The molecule has 0 aromatic heterocycles. The Bertz CT molecular complexity index is 586. The first-order valence-electron chi connectivity index (χ1n) is 5.89. The number of nitro groups is 1. The van der Waals surface area contributed by atoms with E-state index in [1.165, 1.54) is 6.07 Å². The molecule has 0 saturated carbocycles. The number of benzene rings is 1. The highest BCUT2D eigenvalue weighted by atomic mass is 32.2. The first-order valence-corrected chi connectivity index (χ1v) is 7.71. The van der Waals surface area contributed by atoms with E-state index in [4.69, 9.17) is 5.73 Å². The molecule has 8 heteroatoms. The Hall–Kier alpha value is -1.83. The number of nitrogens with zero attached hydrogens (tertiary/aromatic N) is 1. The van der Waals surface area contributed by atoms with Crippen LogP contribution in [0, 0.1) is 10.1 Å². The van der Waals surface area contributed by atoms with Crippen LogP contribution in [0.25, 0.3) is 0 Å². The monoisotopic (exact) mass is 285 g/mol. The van der Waals surface area contributed by atoms with Gasteiger partial charge < -0.3 is 11.1 Å². The normalized spacial score (nSPS) is 18.9. The van der Waals surface area contributed by atoms with E-state index in [-0.39, 0.29) is 28.9 Å². The minimum Gasteiger partial charge on any atom is -0.393 e. The molecule has 0 atom stereocenters. The van der Waals surface area contributed by atoms with Crippen molar-refractivity contribution in [3.05, 3.63) is 28.3 Å². The van der Waals surface area contributed by atoms with Crippen LogP contribution in [0.15, 0.2) is 18.2 Å². The Labute approximate surface area is 110 Å². The van der Waals surface area contributed by atoms with Gasteiger partial charge in [0.1, 0.15) is 21.2 Å². The second-order valence-electron chi connectivity index (χ2n) is 4.57. The number of nitrogens with one attached hydrogen (secondary N) is 1. The number of para-hydroxylation sites is 1. The summed E-state index contributed by atoms with van der Waals surface area (Å²) in [4.78, 5) is 10.4. The zero-order chi connectivity index (χ0) is 14.0. The highest BCUT2D eigenvalue weighted by Crippen LogP contribution is 2.32. The van der Waals surface area contributed by atoms with Crippen LogP contribution in [0.2, 0.25) is 0 Å². The van der Waals surface area contributed by atoms with Gasteiger partial charge in [-0.25, -0.2) is 8.42 Å². The SMILES string of the molecule is Nc1cccc(NC2CCS(=O)(=O)CC2)c1[N+](=O)[O-]. The highest BCUT2D eigenvalue weighted by molar-refractivity contribution is 7.91. The fourth-order valence-electron chi connectivity index (χ4n) is 2.14. The third-order valence-corrected chi connectivity index (χ3v) is 4.88. The summed E-state index contributed by atoms with van der Waals surface area (Å²) in [5.74, 6) is 0.224. The molecular weight excluding hydrogens is 270 g/mol. The summed E-state index contributed by atoms with van der Waals surface area (Å²) in [5, 5.41) is 14.0. The van der Waals surface area contributed by atoms with Crippen LogP contribution >= 0.6 is 0 Å². The lowest BCUT2D eigenvalue weighted by molar-refractivity contribution is -0.383. The molecule has 1 aliphatic rings. The summed E-state index contributed by atoms with van der Waals surface area (Å²) < 4.78 is 22.6. The average Bonchev–Trinajstić information content (AvgIpc) is 2.31. The molecule has 3 N–H and O–H groups in total. The van der Waals surface area contributed by atoms with Crippen LogP contribution in [-0.4, -0.2) is 30.9 Å². The Morgan fingerprint density at radius 1 is 1.32 bits per heavy atom. The molecular formula is C11H15N3O4S. The van der Waals surface area contributed by atoms with E-state index in [9.17, 15) is 18.5 Å². The standard InChI is InChI=1S/C11H15N3O4S/c12-9-2-1-3-10(11(9)14(15)16)13-8-4-6-19(17,18)7-5-8/h1-3,8,13H,4-7,12H2. The Morgan fingerprint density at radius 2 is 1.95 bits per heavy atom. The number of nitrogens with two attached hydrogens (primary N) is 1. The van der Waals surface area contributed by atoms with Crippen molar-refractivity contribution in [2.75, 3.05) is 22.6 Å². The summed E-state index contributed by atoms with van der Waals surface area (Å²) in [7, 11) is -2.94. The van der Waals surface area contributed by atoms with Gasteiger partial charge in [0.2, 0.25) is 0 Å². The summed E-state index contributed by atoms with van der Waals surface area (Å²) in [6.07, 6.45) is 0.905. The molecule has 1 saturated heterocycles. The minimum absolute atomic E-state index is 0.0796. The van der Waals surface area contributed by atoms with Crippen molar-refractivity contribution < 1.29 is 13.3 Å². The third kappa shape index (κ3) is 3.14. The molecule has 1 heterocycles. The van der Waals surface area contributed by atoms with Crippen LogP contribution < -0.4 is 11.1 Å². The van der Waals surface area contributed by atoms with Crippen LogP contribution in [0.4, 0.5) is 17.1 Å². The van der Waals surface area contributed by atoms with Crippen LogP contribution in [0.3, 0.4) is 0 Å². The molecule has 1 aromatic carbocycles. The van der Waals surface area contributed by atoms with Gasteiger partial charge >= 0.3 is 5.69 Å². The van der Waals surface area contributed by atoms with Crippen LogP contribution in [0.1, 0.15) is 12.8 Å². The molecule has 1 aliphatic heterocycles. The van der Waals surface area contributed by atoms with Crippen molar-refractivity contribution in [3.63, 3.8) is 0 Å². The van der Waals surface area contributed by atoms with Gasteiger partial charge in [-0.3, -0.25) is 10.1 Å². The van der Waals surface area contributed by atoms with Gasteiger partial charge in [-0.05, 0) is 25.0 Å². The van der Waals surface area contributed by atoms with Gasteiger partial charge in [0.25, 0.3) is 0 Å². The minimum atomic E-state index is -2.94. The van der Waals surface area contributed by atoms with Crippen molar-refractivity contribution in [2.24, 2.45) is 0 Å². The lowest BCUT2D eigenvalue weighted by Gasteiger charge is -2.24. The molecule has 0 unspecified atom stereocenters. The fraction of sp³-hybridized carbons (Fsp3) is 0.455. The predicted molar refractivity (Wildman–Crippen MR) is 72.8 cm³/mol. The number of nitrogen functional groups attached to an aromatic ring is 1. The van der Waals surface area contributed by atoms with Gasteiger partial charge in [-0.1, -0.05) is 6.07 Å². The van der Waals surface area contributed by atoms with Crippen molar-refractivity contribution in [2.45, 2.75) is 18.9 Å². The van der Waals surface area contributed by atoms with E-state index in [1.54, 1.807) is 12.1 Å². The van der Waals surface area contributed by atoms with E-state index < -0.39 is 14.8 Å². The molecule has 1 aromatic rings. The van der Waals surface area contributed by atoms with Gasteiger partial charge in [0, 0.05) is 6.04 Å². The van der Waals surface area contributed by atoms with Crippen molar-refractivity contribution in [1.82, 2.24) is 0 Å². The summed E-state index contributed by atoms with van der Waals surface area (Å²) in [6.45, 7) is 0. The maximum Gasteiger partial charge on any atom is 0.314 e. The fourth-order valence-corrected chi connectivity index (χ4v) is 3.63. The van der Waals surface area contributed by atoms with E-state index in [0.29, 0.717) is 18.5 Å². The average molecular weight is 285 g/mol. The Kier molecular flexibility index (Phi) is 3.61. The zero-order valence-electron chi connectivity index (χ0n) is 10.2. The predicted octanol–water partition coefficient (Wildman–Crippen LogP) is 1.17. The Morgan fingerprint density at radius 3 is 2.53 bits per heavy atom. The number of nitro benzene ring substituents is 1. The topological polar surface area (TPSA) is 115 Å². The quantitative estimate of drug-likeness (QED) is 0.489. The summed E-state index contributed by atoms with van der Waals surface area (Å²) in [5.41, 5.74) is 5.87. The highest BCUT2D eigenvalue weighted by Gasteiger charge is 2.26. The van der Waals surface area contributed by atoms with Crippen molar-refractivity contribution >= 4 is 26.9 Å². The number of sulfone groups is 1. The number of rotatable bonds is 3. The molecule has 7 nitrogen and oxygen atoms in total. The first kappa shape index (κ1) is 13.6. The summed E-state index contributed by atoms with van der Waals surface area (Å²) in [6, 6.07) is 4.60. The number of hydrogen-bond donors (Lipinski definition) is 2. The van der Waals surface area contributed by atoms with Gasteiger partial charge in [0.05, 0.1) is 16.4 Å². The largest absolute Gasteiger partial charge is 0.393 e. The van der Waals surface area contributed by atoms with E-state index >= 15 is 0 Å². The number of hydrogen-bond acceptors (Lipinski definition) is 6. The molecule has 1 fully saturated rings. The van der Waals surface area contributed by atoms with E-state index in [1.807, 2.05) is 0 Å². The molecule has 0 aliphatic carbocycles. The molecule has 2 rings (SSSR count). The van der Waals surface area contributed by atoms with Gasteiger partial charge in [-0.15, -0.1) is 0 Å². The lowest BCUT2D eigenvalue weighted by atomic mass is 10.1.